The van der Waals surface area contributed by atoms with E-state index in [4.69, 9.17) is 4.74 Å². The van der Waals surface area contributed by atoms with Gasteiger partial charge in [-0.05, 0) is 31.4 Å². The van der Waals surface area contributed by atoms with Gasteiger partial charge in [-0.15, -0.1) is 0 Å². The molecule has 0 spiro atoms. The second kappa shape index (κ2) is 6.52. The molecule has 0 radical (unpaired) electrons. The summed E-state index contributed by atoms with van der Waals surface area (Å²) in [6, 6.07) is 6.82. The maximum atomic E-state index is 14.0. The molecule has 0 aromatic heterocycles. The van der Waals surface area contributed by atoms with Crippen LogP contribution in [0, 0.1) is 5.82 Å². The van der Waals surface area contributed by atoms with E-state index in [0.29, 0.717) is 31.5 Å². The smallest absolute Gasteiger partial charge is 0.343 e. The van der Waals surface area contributed by atoms with Crippen molar-refractivity contribution in [2.75, 3.05) is 19.7 Å². The largest absolute Gasteiger partial charge is 0.462 e. The number of carbonyl (C=O) groups excluding carboxylic acids is 2. The Bertz CT molecular complexity index is 668. The summed E-state index contributed by atoms with van der Waals surface area (Å²) in [5, 5.41) is 0. The average molecular weight is 317 g/mol. The highest BCUT2D eigenvalue weighted by Gasteiger charge is 2.36. The number of nitrogens with zero attached hydrogens (tertiary/aromatic N) is 1. The maximum absolute atomic E-state index is 14.0. The van der Waals surface area contributed by atoms with Crippen LogP contribution in [0.15, 0.2) is 35.5 Å². The molecule has 2 heterocycles. The lowest BCUT2D eigenvalue weighted by Crippen LogP contribution is -2.41. The van der Waals surface area contributed by atoms with Crippen LogP contribution in [0.4, 0.5) is 4.39 Å². The van der Waals surface area contributed by atoms with Gasteiger partial charge in [-0.25, -0.2) is 9.18 Å². The van der Waals surface area contributed by atoms with Gasteiger partial charge in [0.1, 0.15) is 11.4 Å². The van der Waals surface area contributed by atoms with E-state index in [1.807, 2.05) is 17.0 Å². The van der Waals surface area contributed by atoms with Crippen molar-refractivity contribution in [3.8, 4) is 0 Å². The van der Waals surface area contributed by atoms with Crippen LogP contribution in [-0.2, 0) is 14.3 Å². The molecule has 23 heavy (non-hydrogen) atoms. The second-order valence-electron chi connectivity index (χ2n) is 5.92. The molecular weight excluding hydrogens is 297 g/mol. The fourth-order valence-corrected chi connectivity index (χ4v) is 3.46. The highest BCUT2D eigenvalue weighted by molar-refractivity contribution is 6.18. The van der Waals surface area contributed by atoms with Crippen molar-refractivity contribution >= 4 is 11.8 Å². The number of benzene rings is 1. The Morgan fingerprint density at radius 2 is 2.13 bits per heavy atom. The molecule has 0 aliphatic carbocycles. The molecule has 0 amide bonds. The molecule has 2 aliphatic heterocycles. The minimum absolute atomic E-state index is 0.0802. The number of ketones is 1. The first-order chi connectivity index (χ1) is 11.1. The molecule has 122 valence electrons. The zero-order valence-electron chi connectivity index (χ0n) is 13.2. The molecule has 1 atom stereocenters. The fourth-order valence-electron chi connectivity index (χ4n) is 3.46. The number of ether oxygens (including phenoxy) is 1. The number of esters is 1. The summed E-state index contributed by atoms with van der Waals surface area (Å²) in [6.07, 6.45) is 1.63. The average Bonchev–Trinajstić information content (AvgIpc) is 2.55. The van der Waals surface area contributed by atoms with E-state index in [9.17, 15) is 14.0 Å². The van der Waals surface area contributed by atoms with Crippen LogP contribution in [0.2, 0.25) is 0 Å². The first kappa shape index (κ1) is 15.7. The van der Waals surface area contributed by atoms with E-state index >= 15 is 0 Å². The lowest BCUT2D eigenvalue weighted by Gasteiger charge is -2.40. The summed E-state index contributed by atoms with van der Waals surface area (Å²) >= 11 is 0. The number of hydrogen-bond acceptors (Lipinski definition) is 4. The zero-order valence-corrected chi connectivity index (χ0v) is 13.2. The first-order valence-corrected chi connectivity index (χ1v) is 8.04. The van der Waals surface area contributed by atoms with Gasteiger partial charge in [0.2, 0.25) is 0 Å². The molecule has 3 rings (SSSR count). The van der Waals surface area contributed by atoms with Crippen LogP contribution >= 0.6 is 0 Å². The Hall–Kier alpha value is -2.17. The second-order valence-corrected chi connectivity index (χ2v) is 5.92. The van der Waals surface area contributed by atoms with Crippen LogP contribution in [0.25, 0.3) is 0 Å². The van der Waals surface area contributed by atoms with Gasteiger partial charge in [-0.1, -0.05) is 18.2 Å². The monoisotopic (exact) mass is 317 g/mol. The van der Waals surface area contributed by atoms with Crippen molar-refractivity contribution in [1.82, 2.24) is 4.90 Å². The molecular formula is C18H20FNO3. The zero-order chi connectivity index (χ0) is 16.4. The van der Waals surface area contributed by atoms with E-state index in [1.54, 1.807) is 13.0 Å². The molecule has 2 aliphatic rings. The lowest BCUT2D eigenvalue weighted by atomic mass is 9.85. The van der Waals surface area contributed by atoms with Crippen molar-refractivity contribution in [2.24, 2.45) is 0 Å². The number of allylic oxidation sites excluding steroid dienone is 1. The Morgan fingerprint density at radius 1 is 1.35 bits per heavy atom. The van der Waals surface area contributed by atoms with Crippen molar-refractivity contribution < 1.29 is 18.7 Å². The van der Waals surface area contributed by atoms with Gasteiger partial charge in [0.25, 0.3) is 0 Å². The van der Waals surface area contributed by atoms with E-state index in [0.717, 1.165) is 12.1 Å². The number of piperidine rings is 1. The van der Waals surface area contributed by atoms with Crippen molar-refractivity contribution in [2.45, 2.75) is 32.1 Å². The molecule has 1 unspecified atom stereocenters. The van der Waals surface area contributed by atoms with Crippen LogP contribution in [0.1, 0.15) is 37.7 Å². The van der Waals surface area contributed by atoms with Gasteiger partial charge in [-0.2, -0.15) is 0 Å². The van der Waals surface area contributed by atoms with Gasteiger partial charge in [0.05, 0.1) is 6.61 Å². The molecule has 5 heteroatoms. The van der Waals surface area contributed by atoms with E-state index < -0.39 is 5.97 Å². The SMILES string of the molecule is CCOC(=O)C1=C2CCC(c3ccccc3F)CN2CCC1=O. The highest BCUT2D eigenvalue weighted by Crippen LogP contribution is 2.36. The molecule has 0 bridgehead atoms. The van der Waals surface area contributed by atoms with Gasteiger partial charge in [0.15, 0.2) is 5.78 Å². The van der Waals surface area contributed by atoms with E-state index in [2.05, 4.69) is 0 Å². The molecule has 0 saturated carbocycles. The van der Waals surface area contributed by atoms with Crippen LogP contribution in [0.5, 0.6) is 0 Å². The van der Waals surface area contributed by atoms with Crippen molar-refractivity contribution in [1.29, 1.82) is 0 Å². The van der Waals surface area contributed by atoms with Crippen molar-refractivity contribution in [3.05, 3.63) is 46.9 Å². The standard InChI is InChI=1S/C18H20FNO3/c1-2-23-18(22)17-15-8-7-12(11-20(15)10-9-16(17)21)13-5-3-4-6-14(13)19/h3-6,12H,2,7-11H2,1H3. The third kappa shape index (κ3) is 3.00. The third-order valence-electron chi connectivity index (χ3n) is 4.55. The summed E-state index contributed by atoms with van der Waals surface area (Å²) in [4.78, 5) is 26.3. The topological polar surface area (TPSA) is 46.6 Å². The number of hydrogen-bond donors (Lipinski definition) is 0. The Kier molecular flexibility index (Phi) is 4.46. The predicted octanol–water partition coefficient (Wildman–Crippen LogP) is 2.80. The molecule has 1 saturated heterocycles. The minimum Gasteiger partial charge on any atom is -0.462 e. The number of carbonyl (C=O) groups is 2. The van der Waals surface area contributed by atoms with E-state index in [1.165, 1.54) is 6.07 Å². The highest BCUT2D eigenvalue weighted by atomic mass is 19.1. The molecule has 1 aromatic carbocycles. The lowest BCUT2D eigenvalue weighted by molar-refractivity contribution is -0.140. The summed E-state index contributed by atoms with van der Waals surface area (Å²) in [5.41, 5.74) is 1.68. The molecule has 4 nitrogen and oxygen atoms in total. The minimum atomic E-state index is -0.526. The summed E-state index contributed by atoms with van der Waals surface area (Å²) in [5.74, 6) is -0.777. The maximum Gasteiger partial charge on any atom is 0.343 e. The normalized spacial score (nSPS) is 21.2. The summed E-state index contributed by atoms with van der Waals surface area (Å²) in [6.45, 7) is 3.19. The first-order valence-electron chi connectivity index (χ1n) is 8.04. The molecule has 1 fully saturated rings. The van der Waals surface area contributed by atoms with Crippen molar-refractivity contribution in [3.63, 3.8) is 0 Å². The third-order valence-corrected chi connectivity index (χ3v) is 4.55. The number of halogens is 1. The van der Waals surface area contributed by atoms with E-state index in [-0.39, 0.29) is 29.7 Å². The number of rotatable bonds is 3. The molecule has 1 aromatic rings. The number of fused-ring (bicyclic) bond motifs is 1. The molecule has 0 N–H and O–H groups in total. The number of Topliss-reactive ketones (excluding diaryl/α,β-unsaturated/α-hetero) is 1. The van der Waals surface area contributed by atoms with Gasteiger partial charge in [-0.3, -0.25) is 4.79 Å². The quantitative estimate of drug-likeness (QED) is 0.635. The van der Waals surface area contributed by atoms with Crippen LogP contribution < -0.4 is 0 Å². The van der Waals surface area contributed by atoms with Gasteiger partial charge < -0.3 is 9.64 Å². The van der Waals surface area contributed by atoms with Gasteiger partial charge >= 0.3 is 5.97 Å². The Balaban J connectivity index is 1.87. The summed E-state index contributed by atoms with van der Waals surface area (Å²) in [7, 11) is 0. The Labute approximate surface area is 134 Å². The Morgan fingerprint density at radius 3 is 2.87 bits per heavy atom. The van der Waals surface area contributed by atoms with Crippen LogP contribution in [0.3, 0.4) is 0 Å². The fraction of sp³-hybridized carbons (Fsp3) is 0.444. The predicted molar refractivity (Wildman–Crippen MR) is 83.2 cm³/mol. The van der Waals surface area contributed by atoms with Crippen LogP contribution in [-0.4, -0.2) is 36.3 Å². The van der Waals surface area contributed by atoms with Gasteiger partial charge in [0, 0.05) is 31.1 Å². The summed E-state index contributed by atoms with van der Waals surface area (Å²) < 4.78 is 19.0.